The summed E-state index contributed by atoms with van der Waals surface area (Å²) in [6, 6.07) is 3.77. The number of nitrogens with zero attached hydrogens (tertiary/aromatic N) is 5. The lowest BCUT2D eigenvalue weighted by atomic mass is 10.1. The summed E-state index contributed by atoms with van der Waals surface area (Å²) in [6.45, 7) is 7.36. The fourth-order valence-corrected chi connectivity index (χ4v) is 5.20. The van der Waals surface area contributed by atoms with Gasteiger partial charge in [-0.3, -0.25) is 9.69 Å². The van der Waals surface area contributed by atoms with E-state index in [1.54, 1.807) is 6.92 Å². The first-order valence-corrected chi connectivity index (χ1v) is 13.8. The molecule has 40 heavy (non-hydrogen) atoms. The van der Waals surface area contributed by atoms with E-state index in [1.165, 1.54) is 12.5 Å². The molecule has 3 aromatic rings. The van der Waals surface area contributed by atoms with Gasteiger partial charge in [-0.15, -0.1) is 0 Å². The van der Waals surface area contributed by atoms with E-state index < -0.39 is 0 Å². The van der Waals surface area contributed by atoms with Gasteiger partial charge in [0.1, 0.15) is 42.0 Å². The standard InChI is InChI=1S/C27H31ClN6O6/c1-17(35)34-6-4-33(5-7-34)8-11-37-19-12-21-23(22(13-19)40-18-2-9-36-10-3-18)26(31-15-30-21)32-24-20(28)14-29-27-25(24)38-16-39-27/h12-15,18H,2-11,16H2,1H3,(H,29,30,31,32). The smallest absolute Gasteiger partial charge is 0.262 e. The van der Waals surface area contributed by atoms with Gasteiger partial charge in [0.05, 0.1) is 35.3 Å². The second-order valence-corrected chi connectivity index (χ2v) is 10.2. The third-order valence-electron chi connectivity index (χ3n) is 7.23. The van der Waals surface area contributed by atoms with Crippen LogP contribution in [0.5, 0.6) is 23.1 Å². The fraction of sp³-hybridized carbons (Fsp3) is 0.481. The highest BCUT2D eigenvalue weighted by Gasteiger charge is 2.25. The Morgan fingerprint density at radius 3 is 2.75 bits per heavy atom. The monoisotopic (exact) mass is 570 g/mol. The molecule has 1 aromatic carbocycles. The lowest BCUT2D eigenvalue weighted by Crippen LogP contribution is -2.48. The van der Waals surface area contributed by atoms with E-state index in [2.05, 4.69) is 25.2 Å². The first-order valence-electron chi connectivity index (χ1n) is 13.4. The second kappa shape index (κ2) is 11.9. The average molecular weight is 571 g/mol. The summed E-state index contributed by atoms with van der Waals surface area (Å²) in [6.07, 6.45) is 4.54. The van der Waals surface area contributed by atoms with Gasteiger partial charge >= 0.3 is 0 Å². The third-order valence-corrected chi connectivity index (χ3v) is 7.52. The van der Waals surface area contributed by atoms with Gasteiger partial charge in [-0.2, -0.15) is 0 Å². The van der Waals surface area contributed by atoms with Crippen molar-refractivity contribution in [3.63, 3.8) is 0 Å². The maximum atomic E-state index is 11.6. The lowest BCUT2D eigenvalue weighted by molar-refractivity contribution is -0.130. The number of anilines is 2. The first kappa shape index (κ1) is 26.6. The fourth-order valence-electron chi connectivity index (χ4n) is 5.02. The van der Waals surface area contributed by atoms with Crippen LogP contribution in [0, 0.1) is 0 Å². The molecule has 1 N–H and O–H groups in total. The zero-order chi connectivity index (χ0) is 27.5. The predicted molar refractivity (Wildman–Crippen MR) is 147 cm³/mol. The van der Waals surface area contributed by atoms with Crippen LogP contribution in [0.2, 0.25) is 5.02 Å². The molecule has 0 bridgehead atoms. The van der Waals surface area contributed by atoms with Crippen LogP contribution in [0.4, 0.5) is 11.5 Å². The maximum absolute atomic E-state index is 11.6. The van der Waals surface area contributed by atoms with Crippen molar-refractivity contribution in [3.05, 3.63) is 29.7 Å². The number of pyridine rings is 1. The summed E-state index contributed by atoms with van der Waals surface area (Å²) in [5.74, 6) is 2.68. The molecule has 2 fully saturated rings. The normalized spacial score (nSPS) is 17.7. The molecule has 12 nitrogen and oxygen atoms in total. The summed E-state index contributed by atoms with van der Waals surface area (Å²) >= 11 is 6.48. The molecule has 0 radical (unpaired) electrons. The van der Waals surface area contributed by atoms with Crippen molar-refractivity contribution in [1.29, 1.82) is 0 Å². The Hall–Kier alpha value is -3.61. The molecule has 2 aromatic heterocycles. The number of aromatic nitrogens is 3. The molecular weight excluding hydrogens is 540 g/mol. The van der Waals surface area contributed by atoms with Crippen LogP contribution in [-0.2, 0) is 9.53 Å². The number of rotatable bonds is 8. The molecule has 3 aliphatic rings. The summed E-state index contributed by atoms with van der Waals surface area (Å²) in [5, 5.41) is 4.37. The Balaban J connectivity index is 1.25. The second-order valence-electron chi connectivity index (χ2n) is 9.81. The van der Waals surface area contributed by atoms with Crippen molar-refractivity contribution in [3.8, 4) is 23.1 Å². The molecule has 0 atom stereocenters. The Morgan fingerprint density at radius 1 is 1.12 bits per heavy atom. The molecule has 0 saturated carbocycles. The van der Waals surface area contributed by atoms with Gasteiger partial charge in [0, 0.05) is 64.6 Å². The number of nitrogens with one attached hydrogen (secondary N) is 1. The first-order chi connectivity index (χ1) is 19.5. The van der Waals surface area contributed by atoms with Crippen LogP contribution < -0.4 is 24.3 Å². The molecule has 6 rings (SSSR count). The Morgan fingerprint density at radius 2 is 1.95 bits per heavy atom. The maximum Gasteiger partial charge on any atom is 0.262 e. The molecule has 0 unspecified atom stereocenters. The van der Waals surface area contributed by atoms with Crippen LogP contribution in [0.25, 0.3) is 10.9 Å². The van der Waals surface area contributed by atoms with Crippen molar-refractivity contribution >= 4 is 39.9 Å². The number of hydrogen-bond acceptors (Lipinski definition) is 11. The summed E-state index contributed by atoms with van der Waals surface area (Å²) in [5.41, 5.74) is 1.16. The minimum atomic E-state index is -0.0108. The number of halogens is 1. The van der Waals surface area contributed by atoms with E-state index >= 15 is 0 Å². The molecule has 13 heteroatoms. The van der Waals surface area contributed by atoms with Gasteiger partial charge in [-0.25, -0.2) is 15.0 Å². The molecular formula is C27H31ClN6O6. The zero-order valence-electron chi connectivity index (χ0n) is 22.2. The van der Waals surface area contributed by atoms with E-state index in [-0.39, 0.29) is 18.8 Å². The topological polar surface area (TPSA) is 120 Å². The minimum Gasteiger partial charge on any atom is -0.492 e. The van der Waals surface area contributed by atoms with Gasteiger partial charge in [-0.05, 0) is 0 Å². The summed E-state index contributed by atoms with van der Waals surface area (Å²) in [4.78, 5) is 29.0. The van der Waals surface area contributed by atoms with Crippen molar-refractivity contribution in [2.24, 2.45) is 0 Å². The summed E-state index contributed by atoms with van der Waals surface area (Å²) in [7, 11) is 0. The zero-order valence-corrected chi connectivity index (χ0v) is 23.0. The van der Waals surface area contributed by atoms with E-state index in [9.17, 15) is 4.79 Å². The quantitative estimate of drug-likeness (QED) is 0.429. The molecule has 0 aliphatic carbocycles. The SMILES string of the molecule is CC(=O)N1CCN(CCOc2cc(OC3CCOCC3)c3c(Nc4c(Cl)cnc5c4OCO5)ncnc3c2)CC1. The largest absolute Gasteiger partial charge is 0.492 e. The molecule has 3 aliphatic heterocycles. The number of carbonyl (C=O) groups excluding carboxylic acids is 1. The number of ether oxygens (including phenoxy) is 5. The number of piperazine rings is 1. The molecule has 1 amide bonds. The van der Waals surface area contributed by atoms with Crippen molar-refractivity contribution < 1.29 is 28.5 Å². The highest BCUT2D eigenvalue weighted by atomic mass is 35.5. The van der Waals surface area contributed by atoms with Crippen LogP contribution in [0.1, 0.15) is 19.8 Å². The van der Waals surface area contributed by atoms with Crippen LogP contribution in [0.15, 0.2) is 24.7 Å². The Labute approximate surface area is 236 Å². The van der Waals surface area contributed by atoms with Crippen LogP contribution in [0.3, 0.4) is 0 Å². The number of hydrogen-bond donors (Lipinski definition) is 1. The highest BCUT2D eigenvalue weighted by molar-refractivity contribution is 6.33. The minimum absolute atomic E-state index is 0.0108. The Kier molecular flexibility index (Phi) is 7.89. The third kappa shape index (κ3) is 5.79. The lowest BCUT2D eigenvalue weighted by Gasteiger charge is -2.34. The number of carbonyl (C=O) groups is 1. The van der Waals surface area contributed by atoms with E-state index in [4.69, 9.17) is 35.3 Å². The highest BCUT2D eigenvalue weighted by Crippen LogP contribution is 2.44. The Bertz CT molecular complexity index is 1380. The van der Waals surface area contributed by atoms with Crippen molar-refractivity contribution in [2.75, 3.05) is 64.7 Å². The summed E-state index contributed by atoms with van der Waals surface area (Å²) < 4.78 is 29.3. The van der Waals surface area contributed by atoms with Gasteiger partial charge in [0.25, 0.3) is 5.88 Å². The predicted octanol–water partition coefficient (Wildman–Crippen LogP) is 3.25. The van der Waals surface area contributed by atoms with E-state index in [1.807, 2.05) is 17.0 Å². The van der Waals surface area contributed by atoms with Crippen molar-refractivity contribution in [1.82, 2.24) is 24.8 Å². The average Bonchev–Trinajstić information content (AvgIpc) is 3.45. The van der Waals surface area contributed by atoms with Crippen LogP contribution >= 0.6 is 11.6 Å². The van der Waals surface area contributed by atoms with Crippen molar-refractivity contribution in [2.45, 2.75) is 25.9 Å². The number of amides is 1. The molecule has 0 spiro atoms. The van der Waals surface area contributed by atoms with E-state index in [0.717, 1.165) is 45.6 Å². The van der Waals surface area contributed by atoms with Gasteiger partial charge in [0.2, 0.25) is 18.4 Å². The van der Waals surface area contributed by atoms with Gasteiger partial charge < -0.3 is 33.9 Å². The molecule has 212 valence electrons. The van der Waals surface area contributed by atoms with Gasteiger partial charge in [0.15, 0.2) is 0 Å². The van der Waals surface area contributed by atoms with Gasteiger partial charge in [-0.1, -0.05) is 11.6 Å². The van der Waals surface area contributed by atoms with Crippen LogP contribution in [-0.4, -0.2) is 96.1 Å². The number of fused-ring (bicyclic) bond motifs is 2. The van der Waals surface area contributed by atoms with E-state index in [0.29, 0.717) is 70.4 Å². The molecule has 5 heterocycles. The number of benzene rings is 1. The molecule has 2 saturated heterocycles.